The molecule has 0 atom stereocenters. The zero-order valence-corrected chi connectivity index (χ0v) is 19.5. The lowest BCUT2D eigenvalue weighted by molar-refractivity contribution is -0.114. The van der Waals surface area contributed by atoms with Crippen molar-refractivity contribution in [2.24, 2.45) is 9.39 Å². The van der Waals surface area contributed by atoms with Crippen LogP contribution in [0.15, 0.2) is 57.4 Å². The Hall–Kier alpha value is -2.66. The van der Waals surface area contributed by atoms with Gasteiger partial charge in [0.25, 0.3) is 5.91 Å². The molecule has 0 unspecified atom stereocenters. The predicted molar refractivity (Wildman–Crippen MR) is 127 cm³/mol. The molecule has 0 aromatic heterocycles. The molecule has 8 nitrogen and oxygen atoms in total. The molecule has 0 saturated carbocycles. The van der Waals surface area contributed by atoms with Gasteiger partial charge >= 0.3 is 0 Å². The van der Waals surface area contributed by atoms with Crippen LogP contribution in [-0.4, -0.2) is 41.7 Å². The van der Waals surface area contributed by atoms with E-state index in [0.717, 1.165) is 28.7 Å². The number of fused-ring (bicyclic) bond motifs is 1. The van der Waals surface area contributed by atoms with Crippen molar-refractivity contribution in [2.45, 2.75) is 6.61 Å². The van der Waals surface area contributed by atoms with Crippen LogP contribution in [0.1, 0.15) is 11.1 Å². The number of sulfone groups is 1. The second-order valence-corrected chi connectivity index (χ2v) is 10.2. The number of carbonyl (C=O) groups is 1. The van der Waals surface area contributed by atoms with E-state index in [9.17, 15) is 13.2 Å². The van der Waals surface area contributed by atoms with Gasteiger partial charge in [0.2, 0.25) is 20.2 Å². The molecule has 164 valence electrons. The Morgan fingerprint density at radius 2 is 1.88 bits per heavy atom. The van der Waals surface area contributed by atoms with Crippen molar-refractivity contribution in [3.8, 4) is 5.75 Å². The van der Waals surface area contributed by atoms with E-state index in [4.69, 9.17) is 33.3 Å². The topological polar surface area (TPSA) is 112 Å². The van der Waals surface area contributed by atoms with Crippen LogP contribution in [0.5, 0.6) is 5.75 Å². The van der Waals surface area contributed by atoms with Crippen LogP contribution in [0.3, 0.4) is 0 Å². The van der Waals surface area contributed by atoms with E-state index in [2.05, 4.69) is 9.39 Å². The number of aliphatic imine (C=N–C) groups is 1. The van der Waals surface area contributed by atoms with Crippen molar-refractivity contribution in [2.75, 3.05) is 6.26 Å². The molecule has 2 aliphatic heterocycles. The number of rotatable bonds is 4. The highest BCUT2D eigenvalue weighted by atomic mass is 35.5. The largest absolute Gasteiger partial charge is 0.489 e. The van der Waals surface area contributed by atoms with Gasteiger partial charge in [-0.2, -0.15) is 9.39 Å². The minimum Gasteiger partial charge on any atom is -0.489 e. The molecule has 0 spiro atoms. The number of benzene rings is 2. The molecule has 0 saturated heterocycles. The van der Waals surface area contributed by atoms with Crippen molar-refractivity contribution in [3.63, 3.8) is 0 Å². The first kappa shape index (κ1) is 22.5. The van der Waals surface area contributed by atoms with E-state index in [1.165, 1.54) is 6.08 Å². The predicted octanol–water partition coefficient (Wildman–Crippen LogP) is 4.19. The summed E-state index contributed by atoms with van der Waals surface area (Å²) in [5.41, 5.74) is 1.42. The molecule has 12 heteroatoms. The number of amides is 1. The number of carbonyl (C=O) groups excluding carboxylic acids is 1. The molecule has 2 aliphatic rings. The SMILES string of the molecule is CS(=O)(=O)C1=NSC2=NC(=O)/C(=C\c3ccc(OCc4ccc(Cl)c(Cl)c4)cc3)C(=N)N21. The average molecular weight is 509 g/mol. The standard InChI is InChI=1S/C20H14Cl2N4O4S2/c1-32(28,29)20-25-31-19-24-18(27)14(17(23)26(19)20)8-11-2-5-13(6-3-11)30-10-12-4-7-15(21)16(22)9-12/h2-9,23H,10H2,1H3/b14-8-,23-17?. The Labute approximate surface area is 198 Å². The van der Waals surface area contributed by atoms with Gasteiger partial charge in [0.05, 0.1) is 27.6 Å². The fraction of sp³-hybridized carbons (Fsp3) is 0.100. The highest BCUT2D eigenvalue weighted by Gasteiger charge is 2.41. The molecule has 0 bridgehead atoms. The zero-order chi connectivity index (χ0) is 23.0. The van der Waals surface area contributed by atoms with Crippen LogP contribution in [0.4, 0.5) is 0 Å². The molecule has 1 N–H and O–H groups in total. The molecule has 2 aromatic rings. The normalized spacial score (nSPS) is 17.3. The summed E-state index contributed by atoms with van der Waals surface area (Å²) in [5, 5.41) is 8.99. The summed E-state index contributed by atoms with van der Waals surface area (Å²) in [6.45, 7) is 0.290. The maximum atomic E-state index is 12.4. The van der Waals surface area contributed by atoms with Gasteiger partial charge in [0.15, 0.2) is 0 Å². The van der Waals surface area contributed by atoms with Gasteiger partial charge in [-0.25, -0.2) is 13.3 Å². The first-order chi connectivity index (χ1) is 15.1. The monoisotopic (exact) mass is 508 g/mol. The number of hydrogen-bond acceptors (Lipinski definition) is 7. The summed E-state index contributed by atoms with van der Waals surface area (Å²) < 4.78 is 33.5. The van der Waals surface area contributed by atoms with Crippen molar-refractivity contribution in [1.29, 1.82) is 5.41 Å². The van der Waals surface area contributed by atoms with Gasteiger partial charge in [-0.05, 0) is 41.5 Å². The molecular weight excluding hydrogens is 495 g/mol. The van der Waals surface area contributed by atoms with Crippen molar-refractivity contribution in [3.05, 3.63) is 69.2 Å². The lowest BCUT2D eigenvalue weighted by atomic mass is 10.1. The Morgan fingerprint density at radius 1 is 1.16 bits per heavy atom. The minimum absolute atomic E-state index is 0.0444. The zero-order valence-electron chi connectivity index (χ0n) is 16.4. The van der Waals surface area contributed by atoms with Gasteiger partial charge < -0.3 is 4.74 Å². The molecule has 1 amide bonds. The quantitative estimate of drug-likeness (QED) is 0.489. The summed E-state index contributed by atoms with van der Waals surface area (Å²) in [6, 6.07) is 12.1. The lowest BCUT2D eigenvalue weighted by Gasteiger charge is -2.23. The van der Waals surface area contributed by atoms with E-state index in [0.29, 0.717) is 21.4 Å². The maximum Gasteiger partial charge on any atom is 0.283 e. The summed E-state index contributed by atoms with van der Waals surface area (Å²) in [4.78, 5) is 17.3. The number of amidine groups is 3. The molecule has 0 aliphatic carbocycles. The third-order valence-corrected chi connectivity index (χ3v) is 6.90. The van der Waals surface area contributed by atoms with Crippen LogP contribution in [0.25, 0.3) is 6.08 Å². The second-order valence-electron chi connectivity index (χ2n) is 6.79. The smallest absolute Gasteiger partial charge is 0.283 e. The van der Waals surface area contributed by atoms with Gasteiger partial charge in [0.1, 0.15) is 18.2 Å². The molecule has 32 heavy (non-hydrogen) atoms. The van der Waals surface area contributed by atoms with E-state index in [1.54, 1.807) is 36.4 Å². The van der Waals surface area contributed by atoms with Gasteiger partial charge in [-0.3, -0.25) is 10.2 Å². The number of hydrogen-bond donors (Lipinski definition) is 1. The molecule has 2 aromatic carbocycles. The van der Waals surface area contributed by atoms with Crippen LogP contribution in [-0.2, 0) is 21.2 Å². The summed E-state index contributed by atoms with van der Waals surface area (Å²) in [7, 11) is -3.70. The first-order valence-corrected chi connectivity index (χ1v) is 12.4. The highest BCUT2D eigenvalue weighted by Crippen LogP contribution is 2.30. The van der Waals surface area contributed by atoms with Crippen molar-refractivity contribution < 1.29 is 17.9 Å². The summed E-state index contributed by atoms with van der Waals surface area (Å²) >= 11 is 12.7. The minimum atomic E-state index is -3.70. The second kappa shape index (κ2) is 8.70. The first-order valence-electron chi connectivity index (χ1n) is 8.99. The Morgan fingerprint density at radius 3 is 2.53 bits per heavy atom. The fourth-order valence-electron chi connectivity index (χ4n) is 2.86. The number of nitrogens with zero attached hydrogens (tertiary/aromatic N) is 3. The van der Waals surface area contributed by atoms with Crippen LogP contribution in [0.2, 0.25) is 10.0 Å². The van der Waals surface area contributed by atoms with E-state index < -0.39 is 15.7 Å². The van der Waals surface area contributed by atoms with Crippen LogP contribution in [0, 0.1) is 5.41 Å². The van der Waals surface area contributed by atoms with Crippen molar-refractivity contribution in [1.82, 2.24) is 4.90 Å². The van der Waals surface area contributed by atoms with Gasteiger partial charge in [-0.15, -0.1) is 0 Å². The van der Waals surface area contributed by atoms with Crippen LogP contribution < -0.4 is 4.74 Å². The Kier molecular flexibility index (Phi) is 6.13. The molecule has 0 fully saturated rings. The Bertz CT molecular complexity index is 1340. The summed E-state index contributed by atoms with van der Waals surface area (Å²) in [5.74, 6) is -0.348. The number of halogens is 2. The lowest BCUT2D eigenvalue weighted by Crippen LogP contribution is -2.45. The van der Waals surface area contributed by atoms with E-state index in [1.807, 2.05) is 6.07 Å². The molecule has 0 radical (unpaired) electrons. The van der Waals surface area contributed by atoms with Crippen molar-refractivity contribution >= 4 is 73.1 Å². The number of nitrogens with one attached hydrogen (secondary N) is 1. The van der Waals surface area contributed by atoms with Gasteiger partial charge in [-0.1, -0.05) is 41.4 Å². The highest BCUT2D eigenvalue weighted by molar-refractivity contribution is 8.16. The van der Waals surface area contributed by atoms with E-state index in [-0.39, 0.29) is 28.4 Å². The Balaban J connectivity index is 1.51. The third-order valence-electron chi connectivity index (χ3n) is 4.41. The average Bonchev–Trinajstić information content (AvgIpc) is 3.17. The van der Waals surface area contributed by atoms with Crippen LogP contribution >= 0.6 is 35.1 Å². The summed E-state index contributed by atoms with van der Waals surface area (Å²) in [6.07, 6.45) is 2.45. The molecule has 2 heterocycles. The maximum absolute atomic E-state index is 12.4. The van der Waals surface area contributed by atoms with Gasteiger partial charge in [0, 0.05) is 6.26 Å². The third kappa shape index (κ3) is 4.58. The molecular formula is C20H14Cl2N4O4S2. The molecule has 4 rings (SSSR count). The number of ether oxygens (including phenoxy) is 1. The van der Waals surface area contributed by atoms with E-state index >= 15 is 0 Å². The fourth-order valence-corrected chi connectivity index (χ4v) is 5.03.